The van der Waals surface area contributed by atoms with Gasteiger partial charge < -0.3 is 20.0 Å². The fourth-order valence-corrected chi connectivity index (χ4v) is 2.16. The summed E-state index contributed by atoms with van der Waals surface area (Å²) in [6, 6.07) is 7.96. The number of methoxy groups -OCH3 is 1. The van der Waals surface area contributed by atoms with Crippen molar-refractivity contribution in [2.75, 3.05) is 12.8 Å². The number of anilines is 1. The molecule has 2 heterocycles. The number of nitrogen functional groups attached to an aromatic ring is 1. The molecule has 1 aromatic carbocycles. The topological polar surface area (TPSA) is 68.9 Å². The van der Waals surface area contributed by atoms with Crippen LogP contribution in [0.4, 0.5) is 5.82 Å². The van der Waals surface area contributed by atoms with Gasteiger partial charge in [0.05, 0.1) is 18.3 Å². The van der Waals surface area contributed by atoms with Gasteiger partial charge in [-0.2, -0.15) is 0 Å². The number of hydrogen-bond donors (Lipinski definition) is 2. The molecule has 18 heavy (non-hydrogen) atoms. The number of para-hydroxylation sites is 1. The molecular weight excluding hydrogens is 228 g/mol. The van der Waals surface area contributed by atoms with Crippen molar-refractivity contribution in [2.45, 2.75) is 0 Å². The summed E-state index contributed by atoms with van der Waals surface area (Å²) < 4.78 is 7.22. The maximum Gasteiger partial charge on any atom is 0.158 e. The molecule has 3 rings (SSSR count). The summed E-state index contributed by atoms with van der Waals surface area (Å²) in [6.45, 7) is 0. The average molecular weight is 242 g/mol. The Labute approximate surface area is 104 Å². The van der Waals surface area contributed by atoms with Crippen molar-refractivity contribution in [1.29, 1.82) is 0 Å². The first-order valence-corrected chi connectivity index (χ1v) is 5.64. The van der Waals surface area contributed by atoms with Crippen molar-refractivity contribution in [2.24, 2.45) is 7.05 Å². The van der Waals surface area contributed by atoms with Crippen molar-refractivity contribution in [3.05, 3.63) is 30.5 Å². The molecule has 0 saturated carbocycles. The first-order valence-electron chi connectivity index (χ1n) is 5.64. The van der Waals surface area contributed by atoms with Gasteiger partial charge in [0.1, 0.15) is 11.6 Å². The number of H-pyrrole nitrogens is 1. The van der Waals surface area contributed by atoms with Gasteiger partial charge in [-0.15, -0.1) is 0 Å². The smallest absolute Gasteiger partial charge is 0.158 e. The highest BCUT2D eigenvalue weighted by atomic mass is 16.5. The van der Waals surface area contributed by atoms with Crippen LogP contribution in [-0.4, -0.2) is 21.6 Å². The third-order valence-electron chi connectivity index (χ3n) is 2.97. The zero-order valence-electron chi connectivity index (χ0n) is 10.3. The highest BCUT2D eigenvalue weighted by Crippen LogP contribution is 2.29. The molecule has 0 unspecified atom stereocenters. The molecule has 0 amide bonds. The zero-order chi connectivity index (χ0) is 12.7. The minimum Gasteiger partial charge on any atom is -0.495 e. The normalized spacial score (nSPS) is 11.0. The number of rotatable bonds is 2. The van der Waals surface area contributed by atoms with Crippen molar-refractivity contribution in [1.82, 2.24) is 14.5 Å². The summed E-state index contributed by atoms with van der Waals surface area (Å²) in [6.07, 6.45) is 1.79. The van der Waals surface area contributed by atoms with E-state index in [2.05, 4.69) is 9.97 Å². The van der Waals surface area contributed by atoms with Gasteiger partial charge in [0.15, 0.2) is 5.82 Å². The SMILES string of the molecule is COc1cccc2cc(-c3nc(N)cn3C)[nH]c12. The highest BCUT2D eigenvalue weighted by Gasteiger charge is 2.11. The van der Waals surface area contributed by atoms with Crippen LogP contribution in [0.2, 0.25) is 0 Å². The van der Waals surface area contributed by atoms with E-state index in [0.717, 1.165) is 28.2 Å². The number of fused-ring (bicyclic) bond motifs is 1. The zero-order valence-corrected chi connectivity index (χ0v) is 10.3. The van der Waals surface area contributed by atoms with Crippen LogP contribution in [0.1, 0.15) is 0 Å². The van der Waals surface area contributed by atoms with E-state index in [9.17, 15) is 0 Å². The number of hydrogen-bond acceptors (Lipinski definition) is 3. The number of aromatic amines is 1. The predicted octanol–water partition coefficient (Wildman–Crippen LogP) is 2.16. The van der Waals surface area contributed by atoms with Gasteiger partial charge in [0, 0.05) is 18.6 Å². The molecule has 92 valence electrons. The number of aromatic nitrogens is 3. The second kappa shape index (κ2) is 3.80. The molecule has 0 aliphatic rings. The van der Waals surface area contributed by atoms with Gasteiger partial charge in [-0.3, -0.25) is 0 Å². The minimum absolute atomic E-state index is 0.512. The largest absolute Gasteiger partial charge is 0.495 e. The van der Waals surface area contributed by atoms with Gasteiger partial charge in [0.2, 0.25) is 0 Å². The lowest BCUT2D eigenvalue weighted by molar-refractivity contribution is 0.419. The average Bonchev–Trinajstić information content (AvgIpc) is 2.91. The van der Waals surface area contributed by atoms with Crippen molar-refractivity contribution in [3.63, 3.8) is 0 Å². The van der Waals surface area contributed by atoms with E-state index in [1.54, 1.807) is 13.3 Å². The van der Waals surface area contributed by atoms with Crippen LogP contribution in [0.25, 0.3) is 22.4 Å². The van der Waals surface area contributed by atoms with E-state index in [-0.39, 0.29) is 0 Å². The van der Waals surface area contributed by atoms with Crippen molar-refractivity contribution in [3.8, 4) is 17.3 Å². The molecular formula is C13H14N4O. The van der Waals surface area contributed by atoms with Crippen LogP contribution >= 0.6 is 0 Å². The first-order chi connectivity index (χ1) is 8.69. The minimum atomic E-state index is 0.512. The third kappa shape index (κ3) is 1.52. The van der Waals surface area contributed by atoms with Crippen molar-refractivity contribution < 1.29 is 4.74 Å². The van der Waals surface area contributed by atoms with Crippen LogP contribution in [0.15, 0.2) is 30.5 Å². The first kappa shape index (κ1) is 10.7. The molecule has 0 spiro atoms. The summed E-state index contributed by atoms with van der Waals surface area (Å²) in [4.78, 5) is 7.62. The lowest BCUT2D eigenvalue weighted by Gasteiger charge is -2.00. The Bertz CT molecular complexity index is 711. The van der Waals surface area contributed by atoms with Gasteiger partial charge in [-0.05, 0) is 12.1 Å². The molecule has 5 heteroatoms. The van der Waals surface area contributed by atoms with E-state index >= 15 is 0 Å². The fraction of sp³-hybridized carbons (Fsp3) is 0.154. The lowest BCUT2D eigenvalue weighted by atomic mass is 10.2. The highest BCUT2D eigenvalue weighted by molar-refractivity contribution is 5.89. The number of ether oxygens (including phenoxy) is 1. The second-order valence-corrected chi connectivity index (χ2v) is 4.21. The number of nitrogens with zero attached hydrogens (tertiary/aromatic N) is 2. The van der Waals surface area contributed by atoms with Crippen LogP contribution < -0.4 is 10.5 Å². The standard InChI is InChI=1S/C13H14N4O/c1-17-7-11(14)16-13(17)9-6-8-4-3-5-10(18-2)12(8)15-9/h3-7,15H,14H2,1-2H3. The summed E-state index contributed by atoms with van der Waals surface area (Å²) in [5.41, 5.74) is 7.59. The molecule has 3 aromatic rings. The Kier molecular flexibility index (Phi) is 2.26. The number of aryl methyl sites for hydroxylation is 1. The molecule has 0 aliphatic carbocycles. The molecule has 0 atom stereocenters. The Morgan fingerprint density at radius 3 is 2.89 bits per heavy atom. The van der Waals surface area contributed by atoms with E-state index < -0.39 is 0 Å². The number of benzene rings is 1. The second-order valence-electron chi connectivity index (χ2n) is 4.21. The molecule has 0 fully saturated rings. The van der Waals surface area contributed by atoms with E-state index in [1.165, 1.54) is 0 Å². The predicted molar refractivity (Wildman–Crippen MR) is 71.5 cm³/mol. The molecule has 0 saturated heterocycles. The Morgan fingerprint density at radius 1 is 1.39 bits per heavy atom. The summed E-state index contributed by atoms with van der Waals surface area (Å²) >= 11 is 0. The maximum absolute atomic E-state index is 5.70. The monoisotopic (exact) mass is 242 g/mol. The summed E-state index contributed by atoms with van der Waals surface area (Å²) in [5.74, 6) is 2.14. The van der Waals surface area contributed by atoms with Gasteiger partial charge in [0.25, 0.3) is 0 Å². The van der Waals surface area contributed by atoms with Gasteiger partial charge in [-0.25, -0.2) is 4.98 Å². The quantitative estimate of drug-likeness (QED) is 0.723. The van der Waals surface area contributed by atoms with Gasteiger partial charge in [-0.1, -0.05) is 12.1 Å². The molecule has 2 aromatic heterocycles. The van der Waals surface area contributed by atoms with Crippen molar-refractivity contribution >= 4 is 16.7 Å². The number of imidazole rings is 1. The molecule has 0 radical (unpaired) electrons. The maximum atomic E-state index is 5.70. The number of nitrogens with one attached hydrogen (secondary N) is 1. The fourth-order valence-electron chi connectivity index (χ4n) is 2.16. The van der Waals surface area contributed by atoms with E-state index in [1.807, 2.05) is 35.9 Å². The van der Waals surface area contributed by atoms with Crippen LogP contribution in [0.5, 0.6) is 5.75 Å². The Morgan fingerprint density at radius 2 is 2.22 bits per heavy atom. The third-order valence-corrected chi connectivity index (χ3v) is 2.97. The lowest BCUT2D eigenvalue weighted by Crippen LogP contribution is -1.91. The van der Waals surface area contributed by atoms with Gasteiger partial charge >= 0.3 is 0 Å². The Balaban J connectivity index is 2.22. The molecule has 3 N–H and O–H groups in total. The summed E-state index contributed by atoms with van der Waals surface area (Å²) in [7, 11) is 3.58. The van der Waals surface area contributed by atoms with Crippen LogP contribution in [0, 0.1) is 0 Å². The number of nitrogens with two attached hydrogens (primary N) is 1. The van der Waals surface area contributed by atoms with E-state index in [4.69, 9.17) is 10.5 Å². The molecule has 0 aliphatic heterocycles. The summed E-state index contributed by atoms with van der Waals surface area (Å²) in [5, 5.41) is 1.09. The molecule has 5 nitrogen and oxygen atoms in total. The molecule has 0 bridgehead atoms. The van der Waals surface area contributed by atoms with E-state index in [0.29, 0.717) is 5.82 Å². The van der Waals surface area contributed by atoms with Crippen LogP contribution in [0.3, 0.4) is 0 Å². The van der Waals surface area contributed by atoms with Crippen LogP contribution in [-0.2, 0) is 7.05 Å². The Hall–Kier alpha value is -2.43.